The number of furan rings is 1. The molecule has 176 valence electrons. The number of nitrogens with one attached hydrogen (secondary N) is 1. The minimum atomic E-state index is -1.26. The highest BCUT2D eigenvalue weighted by Crippen LogP contribution is 2.18. The number of amides is 1. The molecule has 0 aliphatic carbocycles. The largest absolute Gasteiger partial charge is 0.497 e. The molecule has 3 rings (SSSR count). The molecule has 1 amide bonds. The van der Waals surface area contributed by atoms with E-state index in [4.69, 9.17) is 9.15 Å². The van der Waals surface area contributed by atoms with Crippen LogP contribution in [0.5, 0.6) is 5.75 Å². The molecule has 3 aromatic rings. The van der Waals surface area contributed by atoms with E-state index in [2.05, 4.69) is 48.3 Å². The minimum absolute atomic E-state index is 0.211. The molecular formula is C26H32N2O4S. The SMILES string of the molecule is COc1ccc(S(=O)Cc2ccc(C(=O)NCCCN(Cc3ccccc3)C(C)C)o2)cc1. The Hall–Kier alpha value is -2.90. The van der Waals surface area contributed by atoms with Gasteiger partial charge in [-0.15, -0.1) is 0 Å². The summed E-state index contributed by atoms with van der Waals surface area (Å²) >= 11 is 0. The van der Waals surface area contributed by atoms with Crippen LogP contribution < -0.4 is 10.1 Å². The molecule has 0 saturated carbocycles. The zero-order chi connectivity index (χ0) is 23.6. The molecule has 0 radical (unpaired) electrons. The van der Waals surface area contributed by atoms with Gasteiger partial charge in [0.15, 0.2) is 5.76 Å². The Balaban J connectivity index is 1.44. The molecule has 0 aliphatic heterocycles. The van der Waals surface area contributed by atoms with E-state index in [-0.39, 0.29) is 17.4 Å². The Morgan fingerprint density at radius 3 is 2.45 bits per heavy atom. The first-order valence-corrected chi connectivity index (χ1v) is 12.5. The van der Waals surface area contributed by atoms with Crippen molar-refractivity contribution >= 4 is 16.7 Å². The van der Waals surface area contributed by atoms with Crippen molar-refractivity contribution < 1.29 is 18.2 Å². The van der Waals surface area contributed by atoms with E-state index < -0.39 is 10.8 Å². The van der Waals surface area contributed by atoms with Crippen molar-refractivity contribution in [3.05, 3.63) is 83.8 Å². The summed E-state index contributed by atoms with van der Waals surface area (Å²) in [4.78, 5) is 15.5. The molecule has 1 aromatic heterocycles. The number of carbonyl (C=O) groups is 1. The van der Waals surface area contributed by atoms with Crippen LogP contribution in [0, 0.1) is 0 Å². The average Bonchev–Trinajstić information content (AvgIpc) is 3.30. The fourth-order valence-electron chi connectivity index (χ4n) is 3.43. The summed E-state index contributed by atoms with van der Waals surface area (Å²) < 4.78 is 23.3. The van der Waals surface area contributed by atoms with Gasteiger partial charge in [0.05, 0.1) is 23.7 Å². The second-order valence-corrected chi connectivity index (χ2v) is 9.54. The zero-order valence-corrected chi connectivity index (χ0v) is 20.3. The highest BCUT2D eigenvalue weighted by atomic mass is 32.2. The van der Waals surface area contributed by atoms with E-state index in [0.29, 0.717) is 29.0 Å². The van der Waals surface area contributed by atoms with Gasteiger partial charge in [-0.3, -0.25) is 13.9 Å². The first-order chi connectivity index (χ1) is 16.0. The maximum absolute atomic E-state index is 12.6. The summed E-state index contributed by atoms with van der Waals surface area (Å²) in [6.07, 6.45) is 0.839. The fourth-order valence-corrected chi connectivity index (χ4v) is 4.45. The van der Waals surface area contributed by atoms with Gasteiger partial charge >= 0.3 is 0 Å². The van der Waals surface area contributed by atoms with E-state index in [1.165, 1.54) is 5.56 Å². The van der Waals surface area contributed by atoms with Crippen LogP contribution in [0.3, 0.4) is 0 Å². The van der Waals surface area contributed by atoms with Crippen LogP contribution in [0.1, 0.15) is 42.1 Å². The highest BCUT2D eigenvalue weighted by Gasteiger charge is 2.14. The Morgan fingerprint density at radius 2 is 1.79 bits per heavy atom. The van der Waals surface area contributed by atoms with E-state index in [0.717, 1.165) is 19.5 Å². The highest BCUT2D eigenvalue weighted by molar-refractivity contribution is 7.84. The van der Waals surface area contributed by atoms with Gasteiger partial charge < -0.3 is 14.5 Å². The molecule has 33 heavy (non-hydrogen) atoms. The van der Waals surface area contributed by atoms with Gasteiger partial charge in [0.2, 0.25) is 0 Å². The lowest BCUT2D eigenvalue weighted by molar-refractivity contribution is 0.0921. The predicted molar refractivity (Wildman–Crippen MR) is 131 cm³/mol. The number of hydrogen-bond donors (Lipinski definition) is 1. The molecule has 1 N–H and O–H groups in total. The standard InChI is InChI=1S/C26H32N2O4S/c1-20(2)28(18-21-8-5-4-6-9-21)17-7-16-27-26(29)25-15-12-23(32-25)19-33(30)24-13-10-22(31-3)11-14-24/h4-6,8-15,20H,7,16-19H2,1-3H3,(H,27,29). The van der Waals surface area contributed by atoms with Gasteiger partial charge in [0.25, 0.3) is 5.91 Å². The molecular weight excluding hydrogens is 436 g/mol. The summed E-state index contributed by atoms with van der Waals surface area (Å²) in [7, 11) is 0.325. The van der Waals surface area contributed by atoms with Crippen molar-refractivity contribution in [1.82, 2.24) is 10.2 Å². The summed E-state index contributed by atoms with van der Waals surface area (Å²) in [5, 5.41) is 2.92. The van der Waals surface area contributed by atoms with Gasteiger partial charge in [-0.2, -0.15) is 0 Å². The Morgan fingerprint density at radius 1 is 1.06 bits per heavy atom. The first-order valence-electron chi connectivity index (χ1n) is 11.1. The number of benzene rings is 2. The summed E-state index contributed by atoms with van der Waals surface area (Å²) in [6, 6.07) is 21.2. The molecule has 6 nitrogen and oxygen atoms in total. The number of hydrogen-bond acceptors (Lipinski definition) is 5. The van der Waals surface area contributed by atoms with Crippen molar-refractivity contribution in [1.29, 1.82) is 0 Å². The van der Waals surface area contributed by atoms with Crippen molar-refractivity contribution in [3.63, 3.8) is 0 Å². The lowest BCUT2D eigenvalue weighted by atomic mass is 10.2. The first kappa shape index (κ1) is 24.7. The van der Waals surface area contributed by atoms with E-state index in [1.54, 1.807) is 43.5 Å². The molecule has 0 aliphatic rings. The van der Waals surface area contributed by atoms with Gasteiger partial charge in [-0.05, 0) is 62.2 Å². The second kappa shape index (κ2) is 12.4. The van der Waals surface area contributed by atoms with Gasteiger partial charge in [0, 0.05) is 30.6 Å². The maximum Gasteiger partial charge on any atom is 0.286 e. The van der Waals surface area contributed by atoms with E-state index in [1.807, 2.05) is 6.07 Å². The molecule has 7 heteroatoms. The Kier molecular flexibility index (Phi) is 9.27. The van der Waals surface area contributed by atoms with Crippen molar-refractivity contribution in [2.45, 2.75) is 43.5 Å². The van der Waals surface area contributed by atoms with Gasteiger partial charge in [-0.25, -0.2) is 0 Å². The molecule has 0 bridgehead atoms. The fraction of sp³-hybridized carbons (Fsp3) is 0.346. The zero-order valence-electron chi connectivity index (χ0n) is 19.5. The minimum Gasteiger partial charge on any atom is -0.497 e. The third-order valence-corrected chi connectivity index (χ3v) is 6.69. The van der Waals surface area contributed by atoms with Crippen LogP contribution in [-0.2, 0) is 23.1 Å². The Labute approximate surface area is 198 Å². The Bertz CT molecular complexity index is 1030. The number of nitrogens with zero attached hydrogens (tertiary/aromatic N) is 1. The van der Waals surface area contributed by atoms with E-state index >= 15 is 0 Å². The lowest BCUT2D eigenvalue weighted by Gasteiger charge is -2.26. The third kappa shape index (κ3) is 7.58. The monoisotopic (exact) mass is 468 g/mol. The average molecular weight is 469 g/mol. The third-order valence-electron chi connectivity index (χ3n) is 5.35. The number of rotatable bonds is 12. The molecule has 0 fully saturated rings. The smallest absolute Gasteiger partial charge is 0.286 e. The van der Waals surface area contributed by atoms with Gasteiger partial charge in [-0.1, -0.05) is 30.3 Å². The molecule has 1 atom stereocenters. The maximum atomic E-state index is 12.6. The van der Waals surface area contributed by atoms with Crippen molar-refractivity contribution in [2.24, 2.45) is 0 Å². The predicted octanol–water partition coefficient (Wildman–Crippen LogP) is 4.63. The van der Waals surface area contributed by atoms with Crippen LogP contribution in [0.4, 0.5) is 0 Å². The van der Waals surface area contributed by atoms with Crippen LogP contribution in [-0.4, -0.2) is 41.3 Å². The lowest BCUT2D eigenvalue weighted by Crippen LogP contribution is -2.34. The number of methoxy groups -OCH3 is 1. The van der Waals surface area contributed by atoms with Crippen molar-refractivity contribution in [2.75, 3.05) is 20.2 Å². The molecule has 1 heterocycles. The van der Waals surface area contributed by atoms with Crippen LogP contribution in [0.25, 0.3) is 0 Å². The number of carbonyl (C=O) groups excluding carboxylic acids is 1. The topological polar surface area (TPSA) is 71.8 Å². The quantitative estimate of drug-likeness (QED) is 0.393. The van der Waals surface area contributed by atoms with Crippen LogP contribution in [0.2, 0.25) is 0 Å². The summed E-state index contributed by atoms with van der Waals surface area (Å²) in [5.74, 6) is 1.42. The normalized spacial score (nSPS) is 12.2. The van der Waals surface area contributed by atoms with Gasteiger partial charge in [0.1, 0.15) is 11.5 Å². The van der Waals surface area contributed by atoms with Crippen molar-refractivity contribution in [3.8, 4) is 5.75 Å². The van der Waals surface area contributed by atoms with Crippen LogP contribution in [0.15, 0.2) is 76.0 Å². The summed E-state index contributed by atoms with van der Waals surface area (Å²) in [5.41, 5.74) is 1.28. The number of ether oxygens (including phenoxy) is 1. The second-order valence-electron chi connectivity index (χ2n) is 8.09. The molecule has 0 saturated heterocycles. The molecule has 0 spiro atoms. The summed E-state index contributed by atoms with van der Waals surface area (Å²) in [6.45, 7) is 6.70. The molecule has 1 unspecified atom stereocenters. The van der Waals surface area contributed by atoms with Crippen LogP contribution >= 0.6 is 0 Å². The van der Waals surface area contributed by atoms with E-state index in [9.17, 15) is 9.00 Å². The molecule has 2 aromatic carbocycles.